The molecule has 0 saturated heterocycles. The number of nitrogens with two attached hydrogens (primary N) is 1. The molecule has 0 aromatic carbocycles. The molecule has 2 aromatic rings. The van der Waals surface area contributed by atoms with E-state index < -0.39 is 10.0 Å². The SMILES string of the molecule is Cc1coc(NS(=O)(=O)c2cnc(NN)nc2)n1. The number of nitrogens with one attached hydrogen (secondary N) is 2. The summed E-state index contributed by atoms with van der Waals surface area (Å²) in [6, 6.07) is -0.117. The molecule has 96 valence electrons. The number of hydrogen-bond acceptors (Lipinski definition) is 8. The molecule has 4 N–H and O–H groups in total. The summed E-state index contributed by atoms with van der Waals surface area (Å²) in [7, 11) is -3.82. The molecule has 18 heavy (non-hydrogen) atoms. The average Bonchev–Trinajstić information content (AvgIpc) is 2.74. The number of sulfonamides is 1. The average molecular weight is 270 g/mol. The lowest BCUT2D eigenvalue weighted by Crippen LogP contribution is -2.15. The van der Waals surface area contributed by atoms with Crippen molar-refractivity contribution in [2.75, 3.05) is 10.1 Å². The minimum atomic E-state index is -3.82. The van der Waals surface area contributed by atoms with Gasteiger partial charge in [0.25, 0.3) is 10.0 Å². The van der Waals surface area contributed by atoms with Gasteiger partial charge in [-0.3, -0.25) is 5.43 Å². The number of hydrogen-bond donors (Lipinski definition) is 3. The Morgan fingerprint density at radius 2 is 2.00 bits per heavy atom. The van der Waals surface area contributed by atoms with E-state index in [4.69, 9.17) is 10.3 Å². The van der Waals surface area contributed by atoms with Crippen molar-refractivity contribution in [3.63, 3.8) is 0 Å². The van der Waals surface area contributed by atoms with E-state index in [1.807, 2.05) is 0 Å². The summed E-state index contributed by atoms with van der Waals surface area (Å²) in [6.07, 6.45) is 3.55. The smallest absolute Gasteiger partial charge is 0.309 e. The van der Waals surface area contributed by atoms with Crippen LogP contribution in [-0.4, -0.2) is 23.4 Å². The molecule has 0 aliphatic carbocycles. The molecule has 10 heteroatoms. The van der Waals surface area contributed by atoms with Gasteiger partial charge in [0.2, 0.25) is 5.95 Å². The quantitative estimate of drug-likeness (QED) is 0.515. The van der Waals surface area contributed by atoms with E-state index in [1.54, 1.807) is 6.92 Å². The molecule has 0 aliphatic rings. The van der Waals surface area contributed by atoms with E-state index in [0.717, 1.165) is 12.4 Å². The number of aromatic nitrogens is 3. The lowest BCUT2D eigenvalue weighted by molar-refractivity contribution is 0.569. The second kappa shape index (κ2) is 4.58. The molecule has 0 atom stereocenters. The first kappa shape index (κ1) is 12.3. The van der Waals surface area contributed by atoms with Crippen LogP contribution in [0, 0.1) is 6.92 Å². The Morgan fingerprint density at radius 3 is 2.50 bits per heavy atom. The summed E-state index contributed by atoms with van der Waals surface area (Å²) in [5.41, 5.74) is 2.75. The monoisotopic (exact) mass is 270 g/mol. The van der Waals surface area contributed by atoms with Crippen molar-refractivity contribution < 1.29 is 12.8 Å². The molecule has 0 radical (unpaired) electrons. The topological polar surface area (TPSA) is 136 Å². The van der Waals surface area contributed by atoms with Gasteiger partial charge in [0.05, 0.1) is 18.1 Å². The molecule has 0 unspecified atom stereocenters. The van der Waals surface area contributed by atoms with Crippen LogP contribution in [0.4, 0.5) is 12.0 Å². The van der Waals surface area contributed by atoms with Crippen LogP contribution in [0.2, 0.25) is 0 Å². The van der Waals surface area contributed by atoms with Crippen LogP contribution in [0.5, 0.6) is 0 Å². The highest BCUT2D eigenvalue weighted by molar-refractivity contribution is 7.92. The predicted octanol–water partition coefficient (Wildman–Crippen LogP) is -0.141. The molecule has 0 bridgehead atoms. The molecule has 0 spiro atoms. The molecule has 2 aromatic heterocycles. The van der Waals surface area contributed by atoms with E-state index >= 15 is 0 Å². The third-order valence-corrected chi connectivity index (χ3v) is 3.18. The number of oxazole rings is 1. The lowest BCUT2D eigenvalue weighted by atomic mass is 10.6. The molecule has 0 saturated carbocycles. The highest BCUT2D eigenvalue weighted by Crippen LogP contribution is 2.14. The van der Waals surface area contributed by atoms with Crippen molar-refractivity contribution in [1.82, 2.24) is 15.0 Å². The standard InChI is InChI=1S/C8H10N6O3S/c1-5-4-17-8(12-5)14-18(15,16)6-2-10-7(13-9)11-3-6/h2-4H,9H2,1H3,(H,12,14)(H,10,11,13). The van der Waals surface area contributed by atoms with Crippen LogP contribution in [0.1, 0.15) is 5.69 Å². The number of nitrogen functional groups attached to an aromatic ring is 1. The van der Waals surface area contributed by atoms with Crippen molar-refractivity contribution in [2.24, 2.45) is 5.84 Å². The Hall–Kier alpha value is -2.20. The first-order valence-electron chi connectivity index (χ1n) is 4.75. The fraction of sp³-hybridized carbons (Fsp3) is 0.125. The van der Waals surface area contributed by atoms with Crippen molar-refractivity contribution in [1.29, 1.82) is 0 Å². The third-order valence-electron chi connectivity index (χ3n) is 1.91. The predicted molar refractivity (Wildman–Crippen MR) is 61.9 cm³/mol. The van der Waals surface area contributed by atoms with Gasteiger partial charge in [0.1, 0.15) is 11.2 Å². The maximum Gasteiger partial charge on any atom is 0.309 e. The highest BCUT2D eigenvalue weighted by Gasteiger charge is 2.17. The van der Waals surface area contributed by atoms with Gasteiger partial charge in [0.15, 0.2) is 0 Å². The summed E-state index contributed by atoms with van der Waals surface area (Å²) in [4.78, 5) is 11.1. The largest absolute Gasteiger partial charge is 0.431 e. The Morgan fingerprint density at radius 1 is 1.33 bits per heavy atom. The molecule has 0 fully saturated rings. The summed E-state index contributed by atoms with van der Waals surface area (Å²) in [5.74, 6) is 5.18. The van der Waals surface area contributed by atoms with Gasteiger partial charge >= 0.3 is 6.01 Å². The molecule has 2 rings (SSSR count). The van der Waals surface area contributed by atoms with Gasteiger partial charge in [-0.05, 0) is 6.92 Å². The zero-order valence-electron chi connectivity index (χ0n) is 9.28. The minimum absolute atomic E-state index is 0.112. The second-order valence-corrected chi connectivity index (χ2v) is 4.97. The Bertz CT molecular complexity index is 635. The molecular formula is C8H10N6O3S. The van der Waals surface area contributed by atoms with Crippen LogP contribution in [0.15, 0.2) is 28.0 Å². The molecule has 0 amide bonds. The van der Waals surface area contributed by atoms with Gasteiger partial charge in [0, 0.05) is 0 Å². The van der Waals surface area contributed by atoms with Crippen LogP contribution in [-0.2, 0) is 10.0 Å². The van der Waals surface area contributed by atoms with Crippen molar-refractivity contribution >= 4 is 22.0 Å². The number of rotatable bonds is 4. The maximum atomic E-state index is 11.9. The minimum Gasteiger partial charge on any atom is -0.431 e. The van der Waals surface area contributed by atoms with E-state index in [0.29, 0.717) is 5.69 Å². The van der Waals surface area contributed by atoms with Gasteiger partial charge in [-0.2, -0.15) is 4.98 Å². The van der Waals surface area contributed by atoms with Gasteiger partial charge in [-0.1, -0.05) is 0 Å². The Labute approximate surface area is 102 Å². The van der Waals surface area contributed by atoms with Gasteiger partial charge in [-0.25, -0.2) is 29.0 Å². The second-order valence-electron chi connectivity index (χ2n) is 3.29. The van der Waals surface area contributed by atoms with Crippen LogP contribution in [0.3, 0.4) is 0 Å². The molecule has 0 aliphatic heterocycles. The number of anilines is 2. The third kappa shape index (κ3) is 2.55. The van der Waals surface area contributed by atoms with Gasteiger partial charge < -0.3 is 4.42 Å². The fourth-order valence-electron chi connectivity index (χ4n) is 1.10. The molecule has 2 heterocycles. The summed E-state index contributed by atoms with van der Waals surface area (Å²) in [5, 5.41) is 0. The number of aryl methyl sites for hydroxylation is 1. The van der Waals surface area contributed by atoms with Crippen LogP contribution in [0.25, 0.3) is 0 Å². The Kier molecular flexibility index (Phi) is 3.12. The van der Waals surface area contributed by atoms with Crippen molar-refractivity contribution in [3.8, 4) is 0 Å². The van der Waals surface area contributed by atoms with E-state index in [9.17, 15) is 8.42 Å². The lowest BCUT2D eigenvalue weighted by Gasteiger charge is -2.04. The van der Waals surface area contributed by atoms with Gasteiger partial charge in [-0.15, -0.1) is 0 Å². The first-order valence-corrected chi connectivity index (χ1v) is 6.23. The van der Waals surface area contributed by atoms with Crippen molar-refractivity contribution in [2.45, 2.75) is 11.8 Å². The number of nitrogens with zero attached hydrogens (tertiary/aromatic N) is 3. The first-order chi connectivity index (χ1) is 8.51. The van der Waals surface area contributed by atoms with Crippen LogP contribution < -0.4 is 16.0 Å². The molecular weight excluding hydrogens is 260 g/mol. The van der Waals surface area contributed by atoms with Crippen LogP contribution >= 0.6 is 0 Å². The molecule has 9 nitrogen and oxygen atoms in total. The number of hydrazine groups is 1. The Balaban J connectivity index is 2.24. The maximum absolute atomic E-state index is 11.9. The van der Waals surface area contributed by atoms with Crippen molar-refractivity contribution in [3.05, 3.63) is 24.4 Å². The zero-order valence-corrected chi connectivity index (χ0v) is 10.1. The summed E-state index contributed by atoms with van der Waals surface area (Å²) in [6.45, 7) is 1.67. The summed E-state index contributed by atoms with van der Waals surface area (Å²) < 4.78 is 30.8. The van der Waals surface area contributed by atoms with E-state index in [2.05, 4.69) is 25.1 Å². The summed E-state index contributed by atoms with van der Waals surface area (Å²) >= 11 is 0. The van der Waals surface area contributed by atoms with E-state index in [-0.39, 0.29) is 16.9 Å². The fourth-order valence-corrected chi connectivity index (χ4v) is 1.93. The normalized spacial score (nSPS) is 11.2. The highest BCUT2D eigenvalue weighted by atomic mass is 32.2. The van der Waals surface area contributed by atoms with E-state index in [1.165, 1.54) is 6.26 Å². The zero-order chi connectivity index (χ0) is 13.2.